The molecule has 1 heterocycles. The number of rotatable bonds is 2. The van der Waals surface area contributed by atoms with Gasteiger partial charge in [0.15, 0.2) is 0 Å². The van der Waals surface area contributed by atoms with Crippen molar-refractivity contribution in [1.82, 2.24) is 0 Å². The van der Waals surface area contributed by atoms with Gasteiger partial charge in [-0.2, -0.15) is 0 Å². The molecular formula is C7H12O3Si. The van der Waals surface area contributed by atoms with Gasteiger partial charge in [0.2, 0.25) is 0 Å². The van der Waals surface area contributed by atoms with Crippen LogP contribution in [0, 0.1) is 0 Å². The van der Waals surface area contributed by atoms with Crippen molar-refractivity contribution in [3.05, 3.63) is 0 Å². The van der Waals surface area contributed by atoms with Crippen LogP contribution in [0.4, 0.5) is 0 Å². The number of hydrogen-bond donors (Lipinski definition) is 0. The molecule has 0 aromatic rings. The summed E-state index contributed by atoms with van der Waals surface area (Å²) in [6, 6.07) is 0. The average Bonchev–Trinajstić information content (AvgIpc) is 2.08. The maximum Gasteiger partial charge on any atom is 0.316 e. The van der Waals surface area contributed by atoms with Gasteiger partial charge >= 0.3 is 11.9 Å². The summed E-state index contributed by atoms with van der Waals surface area (Å²) < 4.78 is 4.49. The number of cyclic esters (lactones) is 2. The molecule has 1 aliphatic heterocycles. The zero-order chi connectivity index (χ0) is 8.48. The first-order valence-corrected chi connectivity index (χ1v) is 4.83. The summed E-state index contributed by atoms with van der Waals surface area (Å²) >= 11 is 0. The lowest BCUT2D eigenvalue weighted by atomic mass is 10.0. The van der Waals surface area contributed by atoms with Crippen molar-refractivity contribution in [3.63, 3.8) is 0 Å². The highest BCUT2D eigenvalue weighted by atomic mass is 28.1. The minimum absolute atomic E-state index is 0.295. The minimum Gasteiger partial charge on any atom is -0.393 e. The van der Waals surface area contributed by atoms with Crippen LogP contribution in [0.5, 0.6) is 0 Å². The highest BCUT2D eigenvalue weighted by Gasteiger charge is 2.43. The van der Waals surface area contributed by atoms with E-state index in [1.54, 1.807) is 0 Å². The monoisotopic (exact) mass is 172 g/mol. The number of esters is 2. The summed E-state index contributed by atoms with van der Waals surface area (Å²) in [5.41, 5.74) is 0. The van der Waals surface area contributed by atoms with Crippen molar-refractivity contribution in [2.45, 2.75) is 31.2 Å². The van der Waals surface area contributed by atoms with Gasteiger partial charge in [0.05, 0.1) is 11.5 Å². The van der Waals surface area contributed by atoms with E-state index in [0.29, 0.717) is 6.42 Å². The first-order chi connectivity index (χ1) is 5.08. The Labute approximate surface area is 68.5 Å². The Kier molecular flexibility index (Phi) is 2.13. The van der Waals surface area contributed by atoms with Crippen LogP contribution < -0.4 is 0 Å². The second-order valence-corrected chi connectivity index (χ2v) is 5.16. The molecule has 1 rings (SSSR count). The van der Waals surface area contributed by atoms with Gasteiger partial charge < -0.3 is 4.74 Å². The maximum absolute atomic E-state index is 11.1. The smallest absolute Gasteiger partial charge is 0.316 e. The van der Waals surface area contributed by atoms with Crippen molar-refractivity contribution in [1.29, 1.82) is 0 Å². The SMILES string of the molecule is CCCC1([SiH3])CC(=O)OC1=O. The fourth-order valence-corrected chi connectivity index (χ4v) is 2.29. The Balaban J connectivity index is 2.70. The summed E-state index contributed by atoms with van der Waals surface area (Å²) in [7, 11) is 0.719. The fourth-order valence-electron chi connectivity index (χ4n) is 1.40. The summed E-state index contributed by atoms with van der Waals surface area (Å²) in [5, 5.41) is -0.397. The van der Waals surface area contributed by atoms with Gasteiger partial charge in [0, 0.05) is 10.2 Å². The highest BCUT2D eigenvalue weighted by molar-refractivity contribution is 6.31. The third kappa shape index (κ3) is 1.50. The largest absolute Gasteiger partial charge is 0.393 e. The van der Waals surface area contributed by atoms with Crippen LogP contribution in [-0.4, -0.2) is 22.2 Å². The molecule has 0 amide bonds. The lowest BCUT2D eigenvalue weighted by molar-refractivity contribution is -0.152. The predicted octanol–water partition coefficient (Wildman–Crippen LogP) is -0.216. The lowest BCUT2D eigenvalue weighted by Crippen LogP contribution is -2.18. The first-order valence-electron chi connectivity index (χ1n) is 3.83. The molecule has 0 aromatic carbocycles. The van der Waals surface area contributed by atoms with E-state index >= 15 is 0 Å². The first kappa shape index (κ1) is 8.45. The summed E-state index contributed by atoms with van der Waals surface area (Å²) in [6.07, 6.45) is 2.04. The molecule has 1 atom stereocenters. The molecule has 1 unspecified atom stereocenters. The Bertz CT molecular complexity index is 202. The molecule has 11 heavy (non-hydrogen) atoms. The number of carbonyl (C=O) groups excluding carboxylic acids is 2. The Morgan fingerprint density at radius 2 is 2.27 bits per heavy atom. The standard InChI is InChI=1S/C7H12O3Si/c1-2-3-7(11)4-5(8)10-6(7)9/h2-4H2,1,11H3. The molecule has 4 heteroatoms. The van der Waals surface area contributed by atoms with E-state index in [4.69, 9.17) is 0 Å². The van der Waals surface area contributed by atoms with E-state index in [0.717, 1.165) is 23.1 Å². The number of hydrogen-bond acceptors (Lipinski definition) is 3. The topological polar surface area (TPSA) is 43.4 Å². The van der Waals surface area contributed by atoms with Crippen LogP contribution in [0.2, 0.25) is 5.04 Å². The van der Waals surface area contributed by atoms with E-state index in [1.807, 2.05) is 6.92 Å². The van der Waals surface area contributed by atoms with Crippen LogP contribution >= 0.6 is 0 Å². The van der Waals surface area contributed by atoms with Crippen molar-refractivity contribution in [2.75, 3.05) is 0 Å². The molecule has 3 nitrogen and oxygen atoms in total. The maximum atomic E-state index is 11.1. The predicted molar refractivity (Wildman–Crippen MR) is 43.3 cm³/mol. The van der Waals surface area contributed by atoms with Crippen molar-refractivity contribution >= 4 is 22.2 Å². The Morgan fingerprint density at radius 1 is 1.64 bits per heavy atom. The molecule has 1 saturated heterocycles. The van der Waals surface area contributed by atoms with Crippen LogP contribution in [0.1, 0.15) is 26.2 Å². The van der Waals surface area contributed by atoms with Crippen molar-refractivity contribution in [3.8, 4) is 0 Å². The molecule has 0 N–H and O–H groups in total. The fraction of sp³-hybridized carbons (Fsp3) is 0.714. The Hall–Kier alpha value is -0.643. The number of ether oxygens (including phenoxy) is 1. The highest BCUT2D eigenvalue weighted by Crippen LogP contribution is 2.39. The normalized spacial score (nSPS) is 31.0. The van der Waals surface area contributed by atoms with Crippen LogP contribution in [-0.2, 0) is 14.3 Å². The van der Waals surface area contributed by atoms with Crippen LogP contribution in [0.25, 0.3) is 0 Å². The van der Waals surface area contributed by atoms with Crippen molar-refractivity contribution in [2.24, 2.45) is 0 Å². The van der Waals surface area contributed by atoms with Crippen LogP contribution in [0.3, 0.4) is 0 Å². The Morgan fingerprint density at radius 3 is 2.64 bits per heavy atom. The second kappa shape index (κ2) is 2.77. The molecule has 0 saturated carbocycles. The summed E-state index contributed by atoms with van der Waals surface area (Å²) in [4.78, 5) is 21.8. The van der Waals surface area contributed by atoms with Gasteiger partial charge in [-0.3, -0.25) is 9.59 Å². The molecule has 1 fully saturated rings. The average molecular weight is 172 g/mol. The van der Waals surface area contributed by atoms with Gasteiger partial charge in [0.1, 0.15) is 0 Å². The van der Waals surface area contributed by atoms with Gasteiger partial charge in [-0.25, -0.2) is 0 Å². The van der Waals surface area contributed by atoms with Crippen LogP contribution in [0.15, 0.2) is 0 Å². The van der Waals surface area contributed by atoms with E-state index in [2.05, 4.69) is 4.74 Å². The number of carbonyl (C=O) groups is 2. The third-order valence-corrected chi connectivity index (χ3v) is 3.30. The molecule has 0 spiro atoms. The van der Waals surface area contributed by atoms with Gasteiger partial charge in [-0.1, -0.05) is 13.3 Å². The molecule has 0 aliphatic carbocycles. The van der Waals surface area contributed by atoms with Crippen molar-refractivity contribution < 1.29 is 14.3 Å². The molecular weight excluding hydrogens is 160 g/mol. The molecule has 0 aromatic heterocycles. The molecule has 62 valence electrons. The van der Waals surface area contributed by atoms with Gasteiger partial charge in [0.25, 0.3) is 0 Å². The minimum atomic E-state index is -0.397. The van der Waals surface area contributed by atoms with E-state index in [-0.39, 0.29) is 11.9 Å². The molecule has 0 radical (unpaired) electrons. The van der Waals surface area contributed by atoms with Gasteiger partial charge in [-0.05, 0) is 6.42 Å². The van der Waals surface area contributed by atoms with E-state index < -0.39 is 5.04 Å². The van der Waals surface area contributed by atoms with Gasteiger partial charge in [-0.15, -0.1) is 0 Å². The van der Waals surface area contributed by atoms with E-state index in [9.17, 15) is 9.59 Å². The molecule has 1 aliphatic rings. The quantitative estimate of drug-likeness (QED) is 0.329. The zero-order valence-electron chi connectivity index (χ0n) is 6.85. The summed E-state index contributed by atoms with van der Waals surface area (Å²) in [5.74, 6) is -0.644. The lowest BCUT2D eigenvalue weighted by Gasteiger charge is -2.15. The summed E-state index contributed by atoms with van der Waals surface area (Å²) in [6.45, 7) is 2.01. The van der Waals surface area contributed by atoms with E-state index in [1.165, 1.54) is 0 Å². The third-order valence-electron chi connectivity index (χ3n) is 2.04. The zero-order valence-corrected chi connectivity index (χ0v) is 8.85. The molecule has 0 bridgehead atoms. The second-order valence-electron chi connectivity index (χ2n) is 3.25.